The first-order valence-electron chi connectivity index (χ1n) is 6.74. The van der Waals surface area contributed by atoms with Crippen LogP contribution in [0.3, 0.4) is 0 Å². The zero-order chi connectivity index (χ0) is 15.5. The van der Waals surface area contributed by atoms with E-state index in [1.54, 1.807) is 19.1 Å². The molecule has 7 nitrogen and oxygen atoms in total. The Kier molecular flexibility index (Phi) is 4.30. The molecule has 0 bridgehead atoms. The van der Waals surface area contributed by atoms with Crippen LogP contribution in [-0.4, -0.2) is 47.2 Å². The average Bonchev–Trinajstić information content (AvgIpc) is 2.48. The standard InChI is InChI=1S/C14H19N3O4/c1-14(12(18)19)6-3-7-17(9-14)13(20)16-10-4-5-11(21-2)15-8-10/h4-5,8H,3,6-7,9H2,1-2H3,(H,16,20)(H,18,19). The summed E-state index contributed by atoms with van der Waals surface area (Å²) in [5, 5.41) is 12.0. The highest BCUT2D eigenvalue weighted by molar-refractivity contribution is 5.89. The lowest BCUT2D eigenvalue weighted by Crippen LogP contribution is -2.49. The van der Waals surface area contributed by atoms with E-state index in [-0.39, 0.29) is 12.6 Å². The van der Waals surface area contributed by atoms with E-state index in [0.29, 0.717) is 31.0 Å². The van der Waals surface area contributed by atoms with Gasteiger partial charge in [0.15, 0.2) is 0 Å². The molecule has 0 aromatic carbocycles. The van der Waals surface area contributed by atoms with E-state index < -0.39 is 11.4 Å². The number of hydrogen-bond acceptors (Lipinski definition) is 4. The lowest BCUT2D eigenvalue weighted by Gasteiger charge is -2.37. The highest BCUT2D eigenvalue weighted by Crippen LogP contribution is 2.30. The van der Waals surface area contributed by atoms with Crippen LogP contribution in [0, 0.1) is 5.41 Å². The molecule has 1 atom stereocenters. The van der Waals surface area contributed by atoms with Crippen molar-refractivity contribution in [1.82, 2.24) is 9.88 Å². The number of aliphatic carboxylic acids is 1. The quantitative estimate of drug-likeness (QED) is 0.886. The number of anilines is 1. The SMILES string of the molecule is COc1ccc(NC(=O)N2CCCC(C)(C(=O)O)C2)cn1. The summed E-state index contributed by atoms with van der Waals surface area (Å²) in [6.45, 7) is 2.43. The molecule has 21 heavy (non-hydrogen) atoms. The lowest BCUT2D eigenvalue weighted by molar-refractivity contribution is -0.150. The van der Waals surface area contributed by atoms with E-state index in [4.69, 9.17) is 4.74 Å². The normalized spacial score (nSPS) is 21.7. The van der Waals surface area contributed by atoms with Crippen molar-refractivity contribution in [3.63, 3.8) is 0 Å². The highest BCUT2D eigenvalue weighted by Gasteiger charge is 2.39. The Balaban J connectivity index is 2.00. The maximum Gasteiger partial charge on any atom is 0.321 e. The summed E-state index contributed by atoms with van der Waals surface area (Å²) in [5.41, 5.74) is -0.336. The molecule has 0 aliphatic carbocycles. The van der Waals surface area contributed by atoms with Crippen molar-refractivity contribution in [3.05, 3.63) is 18.3 Å². The van der Waals surface area contributed by atoms with Crippen LogP contribution in [0.1, 0.15) is 19.8 Å². The molecule has 2 amide bonds. The fraction of sp³-hybridized carbons (Fsp3) is 0.500. The van der Waals surface area contributed by atoms with Crippen molar-refractivity contribution >= 4 is 17.7 Å². The third kappa shape index (κ3) is 3.42. The first kappa shape index (κ1) is 15.1. The number of nitrogens with zero attached hydrogens (tertiary/aromatic N) is 2. The number of carbonyl (C=O) groups excluding carboxylic acids is 1. The molecule has 2 N–H and O–H groups in total. The van der Waals surface area contributed by atoms with Gasteiger partial charge in [0, 0.05) is 19.2 Å². The number of carboxylic acid groups (broad SMARTS) is 1. The molecule has 0 spiro atoms. The van der Waals surface area contributed by atoms with Crippen molar-refractivity contribution in [2.45, 2.75) is 19.8 Å². The maximum atomic E-state index is 12.2. The highest BCUT2D eigenvalue weighted by atomic mass is 16.5. The Labute approximate surface area is 122 Å². The summed E-state index contributed by atoms with van der Waals surface area (Å²) in [6.07, 6.45) is 2.75. The summed E-state index contributed by atoms with van der Waals surface area (Å²) in [4.78, 5) is 29.0. The van der Waals surface area contributed by atoms with Crippen molar-refractivity contribution in [2.75, 3.05) is 25.5 Å². The van der Waals surface area contributed by atoms with Crippen LogP contribution in [0.15, 0.2) is 18.3 Å². The number of aromatic nitrogens is 1. The van der Waals surface area contributed by atoms with Crippen LogP contribution < -0.4 is 10.1 Å². The van der Waals surface area contributed by atoms with Crippen LogP contribution in [0.4, 0.5) is 10.5 Å². The van der Waals surface area contributed by atoms with E-state index >= 15 is 0 Å². The fourth-order valence-corrected chi connectivity index (χ4v) is 2.36. The largest absolute Gasteiger partial charge is 0.481 e. The van der Waals surface area contributed by atoms with Crippen molar-refractivity contribution < 1.29 is 19.4 Å². The van der Waals surface area contributed by atoms with Gasteiger partial charge in [0.25, 0.3) is 0 Å². The predicted molar refractivity (Wildman–Crippen MR) is 76.4 cm³/mol. The number of pyridine rings is 1. The number of carboxylic acids is 1. The van der Waals surface area contributed by atoms with E-state index in [1.807, 2.05) is 0 Å². The van der Waals surface area contributed by atoms with Gasteiger partial charge in [0.05, 0.1) is 24.4 Å². The van der Waals surface area contributed by atoms with E-state index in [1.165, 1.54) is 18.2 Å². The Morgan fingerprint density at radius 1 is 1.48 bits per heavy atom. The third-order valence-electron chi connectivity index (χ3n) is 3.70. The van der Waals surface area contributed by atoms with Crippen LogP contribution in [0.25, 0.3) is 0 Å². The van der Waals surface area contributed by atoms with Crippen LogP contribution in [-0.2, 0) is 4.79 Å². The molecule has 1 saturated heterocycles. The first-order valence-corrected chi connectivity index (χ1v) is 6.74. The Bertz CT molecular complexity index is 532. The monoisotopic (exact) mass is 293 g/mol. The van der Waals surface area contributed by atoms with E-state index in [0.717, 1.165) is 0 Å². The van der Waals surface area contributed by atoms with Gasteiger partial charge in [-0.15, -0.1) is 0 Å². The topological polar surface area (TPSA) is 91.8 Å². The van der Waals surface area contributed by atoms with E-state index in [2.05, 4.69) is 10.3 Å². The molecule has 1 aromatic rings. The summed E-state index contributed by atoms with van der Waals surface area (Å²) in [7, 11) is 1.51. The van der Waals surface area contributed by atoms with Crippen LogP contribution >= 0.6 is 0 Å². The Morgan fingerprint density at radius 2 is 2.24 bits per heavy atom. The number of carbonyl (C=O) groups is 2. The van der Waals surface area contributed by atoms with E-state index in [9.17, 15) is 14.7 Å². The first-order chi connectivity index (χ1) is 9.94. The second-order valence-electron chi connectivity index (χ2n) is 5.41. The molecule has 0 radical (unpaired) electrons. The minimum absolute atomic E-state index is 0.206. The van der Waals surface area contributed by atoms with Gasteiger partial charge in [-0.3, -0.25) is 4.79 Å². The van der Waals surface area contributed by atoms with Gasteiger partial charge in [-0.2, -0.15) is 0 Å². The smallest absolute Gasteiger partial charge is 0.321 e. The Hall–Kier alpha value is -2.31. The number of piperidine rings is 1. The maximum absolute atomic E-state index is 12.2. The Morgan fingerprint density at radius 3 is 2.81 bits per heavy atom. The zero-order valence-corrected chi connectivity index (χ0v) is 12.1. The predicted octanol–water partition coefficient (Wildman–Crippen LogP) is 1.81. The summed E-state index contributed by atoms with van der Waals surface area (Å²) < 4.78 is 4.94. The molecule has 2 heterocycles. The second kappa shape index (κ2) is 5.99. The number of methoxy groups -OCH3 is 1. The molecule has 0 saturated carbocycles. The number of nitrogens with one attached hydrogen (secondary N) is 1. The van der Waals surface area contributed by atoms with Crippen molar-refractivity contribution in [2.24, 2.45) is 5.41 Å². The number of likely N-dealkylation sites (tertiary alicyclic amines) is 1. The van der Waals surface area contributed by atoms with Gasteiger partial charge in [0.2, 0.25) is 5.88 Å². The minimum atomic E-state index is -0.881. The molecule has 1 unspecified atom stereocenters. The molecule has 1 aliphatic heterocycles. The number of amides is 2. The average molecular weight is 293 g/mol. The van der Waals surface area contributed by atoms with Gasteiger partial charge in [-0.1, -0.05) is 0 Å². The van der Waals surface area contributed by atoms with Crippen molar-refractivity contribution in [3.8, 4) is 5.88 Å². The third-order valence-corrected chi connectivity index (χ3v) is 3.70. The molecule has 1 aromatic heterocycles. The molecule has 1 fully saturated rings. The van der Waals surface area contributed by atoms with Gasteiger partial charge in [0.1, 0.15) is 0 Å². The minimum Gasteiger partial charge on any atom is -0.481 e. The van der Waals surface area contributed by atoms with Crippen molar-refractivity contribution in [1.29, 1.82) is 0 Å². The van der Waals surface area contributed by atoms with Crippen LogP contribution in [0.2, 0.25) is 0 Å². The second-order valence-corrected chi connectivity index (χ2v) is 5.41. The lowest BCUT2D eigenvalue weighted by atomic mass is 9.82. The number of rotatable bonds is 3. The summed E-state index contributed by atoms with van der Waals surface area (Å²) >= 11 is 0. The zero-order valence-electron chi connectivity index (χ0n) is 12.1. The molecule has 2 rings (SSSR count). The molecule has 7 heteroatoms. The summed E-state index contributed by atoms with van der Waals surface area (Å²) in [6, 6.07) is 3.02. The van der Waals surface area contributed by atoms with Crippen LogP contribution in [0.5, 0.6) is 5.88 Å². The molecular formula is C14H19N3O4. The number of ether oxygens (including phenoxy) is 1. The molecular weight excluding hydrogens is 274 g/mol. The van der Waals surface area contributed by atoms with Gasteiger partial charge in [-0.05, 0) is 25.8 Å². The molecule has 1 aliphatic rings. The fourth-order valence-electron chi connectivity index (χ4n) is 2.36. The summed E-state index contributed by atoms with van der Waals surface area (Å²) in [5.74, 6) is -0.407. The van der Waals surface area contributed by atoms with Gasteiger partial charge < -0.3 is 20.1 Å². The number of urea groups is 1. The van der Waals surface area contributed by atoms with Gasteiger partial charge in [-0.25, -0.2) is 9.78 Å². The number of hydrogen-bond donors (Lipinski definition) is 2. The van der Waals surface area contributed by atoms with Gasteiger partial charge >= 0.3 is 12.0 Å². The molecule has 114 valence electrons.